The molecule has 106 valence electrons. The number of ether oxygens (including phenoxy) is 1. The zero-order valence-corrected chi connectivity index (χ0v) is 12.1. The van der Waals surface area contributed by atoms with E-state index in [2.05, 4.69) is 4.98 Å². The van der Waals surface area contributed by atoms with Crippen LogP contribution in [0.15, 0.2) is 54.7 Å². The number of nitrogens with zero attached hydrogens (tertiary/aromatic N) is 1. The average Bonchev–Trinajstić information content (AvgIpc) is 2.54. The van der Waals surface area contributed by atoms with Gasteiger partial charge in [-0.3, -0.25) is 4.98 Å². The molecule has 0 spiro atoms. The van der Waals surface area contributed by atoms with Gasteiger partial charge in [0.1, 0.15) is 11.9 Å². The summed E-state index contributed by atoms with van der Waals surface area (Å²) in [5.41, 5.74) is 3.55. The Morgan fingerprint density at radius 1 is 1.05 bits per heavy atom. The Hall–Kier alpha value is -2.39. The molecule has 1 aromatic heterocycles. The summed E-state index contributed by atoms with van der Waals surface area (Å²) in [6, 6.07) is 15.6. The first-order chi connectivity index (χ1) is 10.2. The maximum absolute atomic E-state index is 10.6. The number of para-hydroxylation sites is 1. The molecule has 3 rings (SSSR count). The molecule has 1 heterocycles. The van der Waals surface area contributed by atoms with Gasteiger partial charge in [-0.1, -0.05) is 30.3 Å². The molecule has 0 aliphatic heterocycles. The summed E-state index contributed by atoms with van der Waals surface area (Å²) in [5.74, 6) is 0.778. The van der Waals surface area contributed by atoms with E-state index in [9.17, 15) is 5.11 Å². The first-order valence-corrected chi connectivity index (χ1v) is 6.86. The van der Waals surface area contributed by atoms with Gasteiger partial charge in [-0.2, -0.15) is 0 Å². The maximum atomic E-state index is 10.6. The molecule has 0 aliphatic rings. The van der Waals surface area contributed by atoms with Crippen molar-refractivity contribution >= 4 is 10.9 Å². The van der Waals surface area contributed by atoms with Gasteiger partial charge in [0, 0.05) is 17.1 Å². The molecule has 0 bridgehead atoms. The number of rotatable bonds is 3. The molecule has 0 saturated carbocycles. The summed E-state index contributed by atoms with van der Waals surface area (Å²) >= 11 is 0. The summed E-state index contributed by atoms with van der Waals surface area (Å²) in [4.78, 5) is 4.40. The minimum atomic E-state index is -0.711. The summed E-state index contributed by atoms with van der Waals surface area (Å²) in [7, 11) is 1.63. The van der Waals surface area contributed by atoms with E-state index < -0.39 is 6.10 Å². The Balaban J connectivity index is 2.01. The van der Waals surface area contributed by atoms with Crippen LogP contribution in [0, 0.1) is 6.92 Å². The van der Waals surface area contributed by atoms with Crippen molar-refractivity contribution in [3.63, 3.8) is 0 Å². The predicted molar refractivity (Wildman–Crippen MR) is 83.5 cm³/mol. The first kappa shape index (κ1) is 13.6. The first-order valence-electron chi connectivity index (χ1n) is 6.86. The van der Waals surface area contributed by atoms with Crippen LogP contribution in [0.3, 0.4) is 0 Å². The van der Waals surface area contributed by atoms with Gasteiger partial charge >= 0.3 is 0 Å². The highest BCUT2D eigenvalue weighted by Crippen LogP contribution is 2.28. The van der Waals surface area contributed by atoms with E-state index in [4.69, 9.17) is 4.74 Å². The van der Waals surface area contributed by atoms with Crippen molar-refractivity contribution in [3.05, 3.63) is 71.4 Å². The molecule has 1 N–H and O–H groups in total. The van der Waals surface area contributed by atoms with E-state index in [0.717, 1.165) is 33.3 Å². The van der Waals surface area contributed by atoms with Crippen molar-refractivity contribution in [3.8, 4) is 5.75 Å². The van der Waals surface area contributed by atoms with Crippen LogP contribution < -0.4 is 4.74 Å². The Labute approximate surface area is 123 Å². The number of aliphatic hydroxyl groups excluding tert-OH is 1. The van der Waals surface area contributed by atoms with E-state index in [0.29, 0.717) is 0 Å². The summed E-state index contributed by atoms with van der Waals surface area (Å²) in [5, 5.41) is 11.6. The van der Waals surface area contributed by atoms with E-state index in [1.165, 1.54) is 0 Å². The standard InChI is InChI=1S/C18H17NO2/c1-12-7-8-14(10-17(12)21-2)18(20)15-9-13-5-3-4-6-16(13)19-11-15/h3-11,18,20H,1-2H3. The molecule has 1 unspecified atom stereocenters. The molecule has 3 heteroatoms. The molecule has 0 fully saturated rings. The lowest BCUT2D eigenvalue weighted by molar-refractivity contribution is 0.219. The lowest BCUT2D eigenvalue weighted by Gasteiger charge is -2.14. The lowest BCUT2D eigenvalue weighted by atomic mass is 10.00. The van der Waals surface area contributed by atoms with Gasteiger partial charge in [-0.05, 0) is 36.2 Å². The Morgan fingerprint density at radius 2 is 1.86 bits per heavy atom. The smallest absolute Gasteiger partial charge is 0.122 e. The maximum Gasteiger partial charge on any atom is 0.122 e. The second-order valence-corrected chi connectivity index (χ2v) is 5.09. The molecule has 0 aliphatic carbocycles. The second-order valence-electron chi connectivity index (χ2n) is 5.09. The lowest BCUT2D eigenvalue weighted by Crippen LogP contribution is -2.01. The summed E-state index contributed by atoms with van der Waals surface area (Å²) < 4.78 is 5.32. The van der Waals surface area contributed by atoms with Crippen LogP contribution in [0.1, 0.15) is 22.8 Å². The van der Waals surface area contributed by atoms with Gasteiger partial charge in [0.2, 0.25) is 0 Å². The van der Waals surface area contributed by atoms with Gasteiger partial charge in [0.05, 0.1) is 12.6 Å². The summed E-state index contributed by atoms with van der Waals surface area (Å²) in [6.45, 7) is 1.98. The van der Waals surface area contributed by atoms with Crippen LogP contribution in [-0.4, -0.2) is 17.2 Å². The molecule has 0 radical (unpaired) electrons. The topological polar surface area (TPSA) is 42.4 Å². The van der Waals surface area contributed by atoms with Crippen molar-refractivity contribution in [1.29, 1.82) is 0 Å². The van der Waals surface area contributed by atoms with Crippen molar-refractivity contribution in [2.45, 2.75) is 13.0 Å². The van der Waals surface area contributed by atoms with Crippen molar-refractivity contribution in [2.24, 2.45) is 0 Å². The number of aliphatic hydroxyl groups is 1. The molecule has 3 nitrogen and oxygen atoms in total. The second kappa shape index (κ2) is 5.54. The van der Waals surface area contributed by atoms with Crippen molar-refractivity contribution < 1.29 is 9.84 Å². The fourth-order valence-corrected chi connectivity index (χ4v) is 2.44. The normalized spacial score (nSPS) is 12.3. The van der Waals surface area contributed by atoms with E-state index >= 15 is 0 Å². The number of aromatic nitrogens is 1. The minimum Gasteiger partial charge on any atom is -0.496 e. The zero-order chi connectivity index (χ0) is 14.8. The highest BCUT2D eigenvalue weighted by molar-refractivity contribution is 5.78. The number of benzene rings is 2. The van der Waals surface area contributed by atoms with Gasteiger partial charge in [0.25, 0.3) is 0 Å². The molecule has 3 aromatic rings. The van der Waals surface area contributed by atoms with Crippen LogP contribution in [0.2, 0.25) is 0 Å². The quantitative estimate of drug-likeness (QED) is 0.796. The molecule has 21 heavy (non-hydrogen) atoms. The SMILES string of the molecule is COc1cc(C(O)c2cnc3ccccc3c2)ccc1C. The number of aryl methyl sites for hydroxylation is 1. The van der Waals surface area contributed by atoms with E-state index in [1.54, 1.807) is 13.3 Å². The molecular weight excluding hydrogens is 262 g/mol. The molecule has 1 atom stereocenters. The summed E-state index contributed by atoms with van der Waals surface area (Å²) in [6.07, 6.45) is 1.01. The molecule has 2 aromatic carbocycles. The Kier molecular flexibility index (Phi) is 3.59. The zero-order valence-electron chi connectivity index (χ0n) is 12.1. The van der Waals surface area contributed by atoms with Crippen LogP contribution in [0.25, 0.3) is 10.9 Å². The van der Waals surface area contributed by atoms with Crippen LogP contribution >= 0.6 is 0 Å². The van der Waals surface area contributed by atoms with Crippen LogP contribution in [-0.2, 0) is 0 Å². The highest BCUT2D eigenvalue weighted by Gasteiger charge is 2.13. The Morgan fingerprint density at radius 3 is 2.67 bits per heavy atom. The van der Waals surface area contributed by atoms with Gasteiger partial charge in [-0.15, -0.1) is 0 Å². The van der Waals surface area contributed by atoms with Gasteiger partial charge < -0.3 is 9.84 Å². The molecular formula is C18H17NO2. The molecule has 0 saturated heterocycles. The number of pyridine rings is 1. The van der Waals surface area contributed by atoms with Crippen molar-refractivity contribution in [1.82, 2.24) is 4.98 Å². The van der Waals surface area contributed by atoms with Gasteiger partial charge in [0.15, 0.2) is 0 Å². The third kappa shape index (κ3) is 2.60. The highest BCUT2D eigenvalue weighted by atomic mass is 16.5. The minimum absolute atomic E-state index is 0.711. The predicted octanol–water partition coefficient (Wildman–Crippen LogP) is 3.63. The number of methoxy groups -OCH3 is 1. The number of hydrogen-bond acceptors (Lipinski definition) is 3. The fraction of sp³-hybridized carbons (Fsp3) is 0.167. The largest absolute Gasteiger partial charge is 0.496 e. The molecule has 0 amide bonds. The fourth-order valence-electron chi connectivity index (χ4n) is 2.44. The van der Waals surface area contributed by atoms with Crippen LogP contribution in [0.4, 0.5) is 0 Å². The average molecular weight is 279 g/mol. The van der Waals surface area contributed by atoms with E-state index in [1.807, 2.05) is 55.5 Å². The van der Waals surface area contributed by atoms with E-state index in [-0.39, 0.29) is 0 Å². The van der Waals surface area contributed by atoms with Gasteiger partial charge in [-0.25, -0.2) is 0 Å². The van der Waals surface area contributed by atoms with Crippen LogP contribution in [0.5, 0.6) is 5.75 Å². The third-order valence-electron chi connectivity index (χ3n) is 3.68. The number of hydrogen-bond donors (Lipinski definition) is 1. The number of fused-ring (bicyclic) bond motifs is 1. The third-order valence-corrected chi connectivity index (χ3v) is 3.68. The monoisotopic (exact) mass is 279 g/mol. The van der Waals surface area contributed by atoms with Crippen molar-refractivity contribution in [2.75, 3.05) is 7.11 Å². The Bertz CT molecular complexity index is 783.